The minimum atomic E-state index is -0.919. The molecule has 2 aliphatic heterocycles. The summed E-state index contributed by atoms with van der Waals surface area (Å²) in [6, 6.07) is 18.5. The molecule has 0 unspecified atom stereocenters. The fourth-order valence-corrected chi connectivity index (χ4v) is 6.08. The predicted octanol–water partition coefficient (Wildman–Crippen LogP) is 5.17. The molecule has 47 heavy (non-hydrogen) atoms. The molecule has 1 saturated heterocycles. The van der Waals surface area contributed by atoms with E-state index in [9.17, 15) is 19.5 Å². The van der Waals surface area contributed by atoms with Crippen molar-refractivity contribution in [1.29, 1.82) is 0 Å². The van der Waals surface area contributed by atoms with Crippen molar-refractivity contribution in [2.24, 2.45) is 5.41 Å². The first-order chi connectivity index (χ1) is 22.5. The summed E-state index contributed by atoms with van der Waals surface area (Å²) in [5.41, 5.74) is 1.61. The Morgan fingerprint density at radius 2 is 1.66 bits per heavy atom. The van der Waals surface area contributed by atoms with Crippen molar-refractivity contribution in [2.45, 2.75) is 51.7 Å². The average molecular weight is 640 g/mol. The molecule has 1 aromatic heterocycles. The third-order valence-corrected chi connectivity index (χ3v) is 9.09. The number of Topliss-reactive ketones (excluding diaryl/α,β-unsaturated/α-hetero) is 1. The number of carboxylic acid groups (broad SMARTS) is 1. The van der Waals surface area contributed by atoms with E-state index >= 15 is 0 Å². The quantitative estimate of drug-likeness (QED) is 0.260. The van der Waals surface area contributed by atoms with Gasteiger partial charge < -0.3 is 24.2 Å². The lowest BCUT2D eigenvalue weighted by molar-refractivity contribution is -0.147. The van der Waals surface area contributed by atoms with E-state index in [1.54, 1.807) is 63.3 Å². The lowest BCUT2D eigenvalue weighted by atomic mass is 9.82. The Bertz CT molecular complexity index is 1800. The van der Waals surface area contributed by atoms with Gasteiger partial charge in [0.2, 0.25) is 5.82 Å². The first-order valence-electron chi connectivity index (χ1n) is 15.5. The van der Waals surface area contributed by atoms with E-state index in [-0.39, 0.29) is 18.1 Å². The summed E-state index contributed by atoms with van der Waals surface area (Å²) in [5.74, 6) is 0.840. The number of nitrogens with zero attached hydrogens (tertiary/aromatic N) is 5. The van der Waals surface area contributed by atoms with Gasteiger partial charge in [-0.05, 0) is 61.4 Å². The van der Waals surface area contributed by atoms with Crippen LogP contribution in [0.15, 0.2) is 60.7 Å². The van der Waals surface area contributed by atoms with Crippen LogP contribution in [-0.2, 0) is 11.3 Å². The highest BCUT2D eigenvalue weighted by Crippen LogP contribution is 2.42. The highest BCUT2D eigenvalue weighted by molar-refractivity contribution is 6.01. The Morgan fingerprint density at radius 1 is 0.979 bits per heavy atom. The molecule has 3 aromatic carbocycles. The molecule has 3 heterocycles. The minimum absolute atomic E-state index is 0.0468. The largest absolute Gasteiger partial charge is 0.496 e. The number of aromatic nitrogens is 4. The molecule has 0 radical (unpaired) electrons. The second-order valence-electron chi connectivity index (χ2n) is 12.7. The monoisotopic (exact) mass is 639 g/mol. The molecule has 0 atom stereocenters. The van der Waals surface area contributed by atoms with Gasteiger partial charge in [0.1, 0.15) is 22.8 Å². The maximum Gasteiger partial charge on any atom is 0.309 e. The Kier molecular flexibility index (Phi) is 8.43. The van der Waals surface area contributed by atoms with Crippen LogP contribution in [0.2, 0.25) is 0 Å². The number of likely N-dealkylation sites (tertiary alicyclic amines) is 1. The van der Waals surface area contributed by atoms with Gasteiger partial charge in [0.25, 0.3) is 5.91 Å². The molecular formula is C35H37N5O7. The molecule has 2 aliphatic rings. The van der Waals surface area contributed by atoms with E-state index in [2.05, 4.69) is 15.4 Å². The number of benzene rings is 3. The predicted molar refractivity (Wildman–Crippen MR) is 172 cm³/mol. The molecule has 244 valence electrons. The van der Waals surface area contributed by atoms with Gasteiger partial charge in [-0.15, -0.1) is 10.2 Å². The number of methoxy groups -OCH3 is 2. The van der Waals surface area contributed by atoms with Crippen LogP contribution in [0, 0.1) is 5.41 Å². The molecule has 0 saturated carbocycles. The van der Waals surface area contributed by atoms with Crippen molar-refractivity contribution in [3.8, 4) is 39.8 Å². The minimum Gasteiger partial charge on any atom is -0.496 e. The number of hydrogen-bond acceptors (Lipinski definition) is 9. The topological polar surface area (TPSA) is 146 Å². The van der Waals surface area contributed by atoms with E-state index in [4.69, 9.17) is 14.2 Å². The summed E-state index contributed by atoms with van der Waals surface area (Å²) in [7, 11) is 3.15. The van der Waals surface area contributed by atoms with Crippen LogP contribution in [-0.4, -0.2) is 80.8 Å². The zero-order valence-corrected chi connectivity index (χ0v) is 26.9. The zero-order chi connectivity index (χ0) is 33.3. The van der Waals surface area contributed by atoms with Crippen LogP contribution in [0.1, 0.15) is 60.2 Å². The maximum atomic E-state index is 13.7. The first kappa shape index (κ1) is 31.7. The van der Waals surface area contributed by atoms with Gasteiger partial charge in [-0.1, -0.05) is 30.3 Å². The Labute approximate surface area is 272 Å². The van der Waals surface area contributed by atoms with Crippen molar-refractivity contribution in [1.82, 2.24) is 25.1 Å². The van der Waals surface area contributed by atoms with Crippen molar-refractivity contribution in [2.75, 3.05) is 27.3 Å². The number of amides is 1. The fourth-order valence-electron chi connectivity index (χ4n) is 6.08. The maximum absolute atomic E-state index is 13.7. The standard InChI is InChI=1S/C35H37N5O7/c1-34(2,33(43)44)12-17-40-37-31(36-38-40)23-10-11-27-25(18-23)26(41)21-35(47-27)13-15-39(16-14-35)32(42)24-19-28(45-3)30(29(20-24)46-4)22-8-6-5-7-9-22/h5-11,18-20H,12-17,21H2,1-4H3,(H,43,44). The summed E-state index contributed by atoms with van der Waals surface area (Å²) in [6.07, 6.45) is 1.54. The molecule has 1 spiro atoms. The van der Waals surface area contributed by atoms with Gasteiger partial charge in [0, 0.05) is 37.1 Å². The second-order valence-corrected chi connectivity index (χ2v) is 12.7. The van der Waals surface area contributed by atoms with Crippen LogP contribution in [0.3, 0.4) is 0 Å². The molecule has 12 heteroatoms. The Morgan fingerprint density at radius 3 is 2.30 bits per heavy atom. The van der Waals surface area contributed by atoms with Crippen LogP contribution in [0.4, 0.5) is 0 Å². The van der Waals surface area contributed by atoms with Gasteiger partial charge in [-0.2, -0.15) is 4.80 Å². The third-order valence-electron chi connectivity index (χ3n) is 9.09. The summed E-state index contributed by atoms with van der Waals surface area (Å²) in [5, 5.41) is 21.9. The molecule has 1 N–H and O–H groups in total. The van der Waals surface area contributed by atoms with Crippen molar-refractivity contribution < 1.29 is 33.7 Å². The van der Waals surface area contributed by atoms with Gasteiger partial charge in [-0.25, -0.2) is 0 Å². The fraction of sp³-hybridized carbons (Fsp3) is 0.371. The summed E-state index contributed by atoms with van der Waals surface area (Å²) < 4.78 is 17.8. The van der Waals surface area contributed by atoms with E-state index in [0.29, 0.717) is 78.7 Å². The molecule has 1 amide bonds. The van der Waals surface area contributed by atoms with Gasteiger partial charge in [0.15, 0.2) is 5.78 Å². The summed E-state index contributed by atoms with van der Waals surface area (Å²) >= 11 is 0. The highest BCUT2D eigenvalue weighted by Gasteiger charge is 2.44. The van der Waals surface area contributed by atoms with Gasteiger partial charge >= 0.3 is 5.97 Å². The molecule has 4 aromatic rings. The smallest absolute Gasteiger partial charge is 0.309 e. The second kappa shape index (κ2) is 12.5. The Balaban J connectivity index is 1.13. The van der Waals surface area contributed by atoms with E-state index in [1.165, 1.54) is 4.80 Å². The molecule has 6 rings (SSSR count). The molecule has 12 nitrogen and oxygen atoms in total. The van der Waals surface area contributed by atoms with E-state index in [0.717, 1.165) is 11.1 Å². The third kappa shape index (κ3) is 6.27. The number of aryl methyl sites for hydroxylation is 1. The van der Waals surface area contributed by atoms with Crippen molar-refractivity contribution >= 4 is 17.7 Å². The van der Waals surface area contributed by atoms with Crippen molar-refractivity contribution in [3.63, 3.8) is 0 Å². The SMILES string of the molecule is COc1cc(C(=O)N2CCC3(CC2)CC(=O)c2cc(-c4nnn(CCC(C)(C)C(=O)O)n4)ccc2O3)cc(OC)c1-c1ccccc1. The Hall–Kier alpha value is -5.26. The molecule has 0 bridgehead atoms. The van der Waals surface area contributed by atoms with Crippen LogP contribution in [0.25, 0.3) is 22.5 Å². The number of tetrazole rings is 1. The van der Waals surface area contributed by atoms with Crippen LogP contribution in [0.5, 0.6) is 17.2 Å². The van der Waals surface area contributed by atoms with Crippen molar-refractivity contribution in [3.05, 3.63) is 71.8 Å². The molecule has 0 aliphatic carbocycles. The van der Waals surface area contributed by atoms with Crippen LogP contribution >= 0.6 is 0 Å². The van der Waals surface area contributed by atoms with Crippen LogP contribution < -0.4 is 14.2 Å². The highest BCUT2D eigenvalue weighted by atomic mass is 16.5. The lowest BCUT2D eigenvalue weighted by Gasteiger charge is -2.44. The normalized spacial score (nSPS) is 15.6. The number of carbonyl (C=O) groups is 3. The first-order valence-corrected chi connectivity index (χ1v) is 15.5. The average Bonchev–Trinajstić information content (AvgIpc) is 3.56. The number of carbonyl (C=O) groups excluding carboxylic acids is 2. The lowest BCUT2D eigenvalue weighted by Crippen LogP contribution is -2.52. The number of ether oxygens (including phenoxy) is 3. The number of piperidine rings is 1. The summed E-state index contributed by atoms with van der Waals surface area (Å²) in [4.78, 5) is 41.7. The zero-order valence-electron chi connectivity index (χ0n) is 26.9. The van der Waals surface area contributed by atoms with Gasteiger partial charge in [-0.3, -0.25) is 14.4 Å². The number of carboxylic acids is 1. The van der Waals surface area contributed by atoms with Gasteiger partial charge in [0.05, 0.1) is 43.7 Å². The number of aliphatic carboxylic acids is 1. The van der Waals surface area contributed by atoms with E-state index in [1.807, 2.05) is 30.3 Å². The summed E-state index contributed by atoms with van der Waals surface area (Å²) in [6.45, 7) is 4.45. The number of ketones is 1. The number of fused-ring (bicyclic) bond motifs is 1. The molecular weight excluding hydrogens is 602 g/mol. The molecule has 1 fully saturated rings. The number of hydrogen-bond donors (Lipinski definition) is 1. The van der Waals surface area contributed by atoms with E-state index < -0.39 is 17.0 Å². The number of rotatable bonds is 9.